The highest BCUT2D eigenvalue weighted by Gasteiger charge is 2.31. The van der Waals surface area contributed by atoms with Crippen molar-refractivity contribution in [3.8, 4) is 0 Å². The summed E-state index contributed by atoms with van der Waals surface area (Å²) in [7, 11) is 4.05. The highest BCUT2D eigenvalue weighted by atomic mass is 16.2. The first kappa shape index (κ1) is 17.2. The normalized spacial score (nSPS) is 21.2. The highest BCUT2D eigenvalue weighted by Crippen LogP contribution is 2.32. The van der Waals surface area contributed by atoms with Gasteiger partial charge in [-0.3, -0.25) is 9.59 Å². The third-order valence-electron chi connectivity index (χ3n) is 6.00. The first-order chi connectivity index (χ1) is 11.5. The third kappa shape index (κ3) is 3.56. The molecule has 2 fully saturated rings. The molecule has 2 aliphatic rings. The summed E-state index contributed by atoms with van der Waals surface area (Å²) in [5, 5.41) is 0. The van der Waals surface area contributed by atoms with Crippen LogP contribution in [0.2, 0.25) is 0 Å². The van der Waals surface area contributed by atoms with Crippen LogP contribution in [0.5, 0.6) is 0 Å². The monoisotopic (exact) mass is 331 g/mol. The molecule has 5 heteroatoms. The number of hydrogen-bond acceptors (Lipinski definition) is 3. The van der Waals surface area contributed by atoms with Crippen LogP contribution in [0.1, 0.15) is 41.9 Å². The number of amides is 1. The molecule has 0 aromatic carbocycles. The van der Waals surface area contributed by atoms with Crippen LogP contribution in [0.25, 0.3) is 0 Å². The quantitative estimate of drug-likeness (QED) is 0.831. The summed E-state index contributed by atoms with van der Waals surface area (Å²) in [6.45, 7) is 5.91. The van der Waals surface area contributed by atoms with Crippen LogP contribution in [0.4, 0.5) is 0 Å². The molecule has 1 amide bonds. The van der Waals surface area contributed by atoms with Crippen molar-refractivity contribution in [1.82, 2.24) is 14.4 Å². The van der Waals surface area contributed by atoms with E-state index in [0.29, 0.717) is 5.69 Å². The van der Waals surface area contributed by atoms with Crippen molar-refractivity contribution in [2.45, 2.75) is 32.6 Å². The summed E-state index contributed by atoms with van der Waals surface area (Å²) in [6.07, 6.45) is 4.78. The average molecular weight is 331 g/mol. The predicted octanol–water partition coefficient (Wildman–Crippen LogP) is 1.89. The Hall–Kier alpha value is -1.62. The number of piperidine rings is 2. The Balaban J connectivity index is 1.62. The van der Waals surface area contributed by atoms with Crippen LogP contribution >= 0.6 is 0 Å². The zero-order valence-electron chi connectivity index (χ0n) is 15.1. The van der Waals surface area contributed by atoms with E-state index in [1.54, 1.807) is 6.07 Å². The second kappa shape index (κ2) is 7.09. The Morgan fingerprint density at radius 3 is 2.08 bits per heavy atom. The number of hydrogen-bond donors (Lipinski definition) is 0. The molecule has 1 aromatic heterocycles. The van der Waals surface area contributed by atoms with Crippen LogP contribution in [-0.2, 0) is 7.05 Å². The fourth-order valence-electron chi connectivity index (χ4n) is 4.21. The van der Waals surface area contributed by atoms with Gasteiger partial charge in [0.2, 0.25) is 0 Å². The minimum atomic E-state index is -0.0878. The molecule has 0 unspecified atom stereocenters. The van der Waals surface area contributed by atoms with Crippen molar-refractivity contribution in [2.24, 2.45) is 18.9 Å². The van der Waals surface area contributed by atoms with Gasteiger partial charge in [-0.2, -0.15) is 0 Å². The van der Waals surface area contributed by atoms with Gasteiger partial charge in [-0.1, -0.05) is 0 Å². The van der Waals surface area contributed by atoms with E-state index in [9.17, 15) is 9.59 Å². The van der Waals surface area contributed by atoms with Gasteiger partial charge in [0.15, 0.2) is 5.43 Å². The Kier molecular flexibility index (Phi) is 5.09. The molecule has 24 heavy (non-hydrogen) atoms. The zero-order valence-corrected chi connectivity index (χ0v) is 15.1. The topological polar surface area (TPSA) is 45.6 Å². The Morgan fingerprint density at radius 2 is 1.50 bits per heavy atom. The van der Waals surface area contributed by atoms with E-state index in [1.807, 2.05) is 23.4 Å². The molecule has 0 spiro atoms. The average Bonchev–Trinajstić information content (AvgIpc) is 2.58. The van der Waals surface area contributed by atoms with Gasteiger partial charge in [-0.15, -0.1) is 0 Å². The van der Waals surface area contributed by atoms with Gasteiger partial charge in [0.1, 0.15) is 5.69 Å². The lowest BCUT2D eigenvalue weighted by atomic mass is 9.79. The maximum atomic E-state index is 12.8. The second-order valence-corrected chi connectivity index (χ2v) is 7.55. The van der Waals surface area contributed by atoms with E-state index in [4.69, 9.17) is 0 Å². The van der Waals surface area contributed by atoms with Crippen molar-refractivity contribution in [1.29, 1.82) is 0 Å². The maximum absolute atomic E-state index is 12.8. The molecule has 3 heterocycles. The van der Waals surface area contributed by atoms with Crippen LogP contribution < -0.4 is 5.43 Å². The lowest BCUT2D eigenvalue weighted by Gasteiger charge is -2.39. The number of nitrogens with zero attached hydrogens (tertiary/aromatic N) is 3. The third-order valence-corrected chi connectivity index (χ3v) is 6.00. The molecule has 0 saturated carbocycles. The fourth-order valence-corrected chi connectivity index (χ4v) is 4.21. The van der Waals surface area contributed by atoms with Crippen LogP contribution in [0.3, 0.4) is 0 Å². The lowest BCUT2D eigenvalue weighted by Crippen LogP contribution is -2.43. The van der Waals surface area contributed by atoms with Crippen LogP contribution in [0.15, 0.2) is 16.9 Å². The largest absolute Gasteiger partial charge is 0.344 e. The number of likely N-dealkylation sites (tertiary alicyclic amines) is 2. The molecule has 0 aliphatic carbocycles. The van der Waals surface area contributed by atoms with Crippen LogP contribution in [-0.4, -0.2) is 53.5 Å². The standard InChI is InChI=1S/C19H29N3O2/c1-14-12-17(23)13-18(21(14)3)19(24)22-10-6-16(7-11-22)15-4-8-20(2)9-5-15/h12-13,15-16H,4-11H2,1-3H3. The molecule has 0 atom stereocenters. The van der Waals surface area contributed by atoms with E-state index in [-0.39, 0.29) is 11.3 Å². The molecule has 3 rings (SSSR count). The first-order valence-corrected chi connectivity index (χ1v) is 9.11. The van der Waals surface area contributed by atoms with Gasteiger partial charge in [0, 0.05) is 38.0 Å². The minimum absolute atomic E-state index is 0.000118. The molecular formula is C19H29N3O2. The van der Waals surface area contributed by atoms with Gasteiger partial charge >= 0.3 is 0 Å². The molecule has 2 aliphatic heterocycles. The highest BCUT2D eigenvalue weighted by molar-refractivity contribution is 5.92. The Bertz CT molecular complexity index is 651. The number of aromatic nitrogens is 1. The summed E-state index contributed by atoms with van der Waals surface area (Å²) in [5.74, 6) is 1.57. The van der Waals surface area contributed by atoms with Gasteiger partial charge in [0.25, 0.3) is 5.91 Å². The van der Waals surface area contributed by atoms with Gasteiger partial charge in [-0.25, -0.2) is 0 Å². The van der Waals surface area contributed by atoms with Crippen molar-refractivity contribution in [3.05, 3.63) is 33.7 Å². The second-order valence-electron chi connectivity index (χ2n) is 7.55. The smallest absolute Gasteiger partial charge is 0.270 e. The van der Waals surface area contributed by atoms with Gasteiger partial charge in [0.05, 0.1) is 0 Å². The number of carbonyl (C=O) groups is 1. The number of aryl methyl sites for hydroxylation is 1. The van der Waals surface area contributed by atoms with E-state index in [2.05, 4.69) is 11.9 Å². The molecule has 132 valence electrons. The SMILES string of the molecule is Cc1cc(=O)cc(C(=O)N2CCC(C3CCN(C)CC3)CC2)n1C. The summed E-state index contributed by atoms with van der Waals surface area (Å²) in [4.78, 5) is 28.9. The van der Waals surface area contributed by atoms with E-state index in [0.717, 1.165) is 43.5 Å². The maximum Gasteiger partial charge on any atom is 0.270 e. The molecule has 0 bridgehead atoms. The minimum Gasteiger partial charge on any atom is -0.344 e. The summed E-state index contributed by atoms with van der Waals surface area (Å²) in [6, 6.07) is 3.04. The Labute approximate surface area is 144 Å². The van der Waals surface area contributed by atoms with Crippen molar-refractivity contribution < 1.29 is 4.79 Å². The molecule has 1 aromatic rings. The summed E-state index contributed by atoms with van der Waals surface area (Å²) >= 11 is 0. The molecular weight excluding hydrogens is 302 g/mol. The number of rotatable bonds is 2. The van der Waals surface area contributed by atoms with E-state index in [1.165, 1.54) is 32.0 Å². The fraction of sp³-hybridized carbons (Fsp3) is 0.684. The first-order valence-electron chi connectivity index (χ1n) is 9.11. The zero-order chi connectivity index (χ0) is 17.3. The number of pyridine rings is 1. The molecule has 0 N–H and O–H groups in total. The number of carbonyl (C=O) groups excluding carboxylic acids is 1. The Morgan fingerprint density at radius 1 is 0.958 bits per heavy atom. The van der Waals surface area contributed by atoms with Gasteiger partial charge in [-0.05, 0) is 64.6 Å². The van der Waals surface area contributed by atoms with E-state index >= 15 is 0 Å². The van der Waals surface area contributed by atoms with Crippen molar-refractivity contribution >= 4 is 5.91 Å². The van der Waals surface area contributed by atoms with Crippen molar-refractivity contribution in [3.63, 3.8) is 0 Å². The van der Waals surface area contributed by atoms with Crippen molar-refractivity contribution in [2.75, 3.05) is 33.2 Å². The summed E-state index contributed by atoms with van der Waals surface area (Å²) < 4.78 is 1.83. The van der Waals surface area contributed by atoms with E-state index < -0.39 is 0 Å². The van der Waals surface area contributed by atoms with Gasteiger partial charge < -0.3 is 14.4 Å². The lowest BCUT2D eigenvalue weighted by molar-refractivity contribution is 0.0605. The molecule has 5 nitrogen and oxygen atoms in total. The molecule has 2 saturated heterocycles. The predicted molar refractivity (Wildman–Crippen MR) is 95.3 cm³/mol. The van der Waals surface area contributed by atoms with Crippen LogP contribution in [0, 0.1) is 18.8 Å². The summed E-state index contributed by atoms with van der Waals surface area (Å²) in [5.41, 5.74) is 1.25. The molecule has 0 radical (unpaired) electrons.